The van der Waals surface area contributed by atoms with Gasteiger partial charge in [0.1, 0.15) is 0 Å². The molecule has 1 aromatic rings. The molecule has 5 nitrogen and oxygen atoms in total. The van der Waals surface area contributed by atoms with Crippen LogP contribution in [-0.2, 0) is 4.79 Å². The number of hydrogen-bond acceptors (Lipinski definition) is 2. The van der Waals surface area contributed by atoms with E-state index in [1.54, 1.807) is 12.1 Å². The lowest BCUT2D eigenvalue weighted by Gasteiger charge is -2.14. The largest absolute Gasteiger partial charge is 0.335 e. The van der Waals surface area contributed by atoms with Crippen molar-refractivity contribution in [3.05, 3.63) is 23.8 Å². The van der Waals surface area contributed by atoms with E-state index in [1.165, 1.54) is 6.92 Å². The lowest BCUT2D eigenvalue weighted by atomic mass is 10.2. The summed E-state index contributed by atoms with van der Waals surface area (Å²) in [6, 6.07) is 5.28. The minimum atomic E-state index is -0.244. The summed E-state index contributed by atoms with van der Waals surface area (Å²) in [5.74, 6) is -0.135. The molecule has 0 saturated heterocycles. The molecule has 0 aliphatic carbocycles. The van der Waals surface area contributed by atoms with Crippen LogP contribution in [0.25, 0.3) is 0 Å². The topological polar surface area (TPSA) is 70.2 Å². The van der Waals surface area contributed by atoms with Crippen molar-refractivity contribution in [1.82, 2.24) is 5.32 Å². The zero-order valence-corrected chi connectivity index (χ0v) is 11.8. The monoisotopic (exact) mass is 263 g/mol. The first-order valence-corrected chi connectivity index (χ1v) is 6.38. The lowest BCUT2D eigenvalue weighted by Crippen LogP contribution is -2.35. The van der Waals surface area contributed by atoms with Gasteiger partial charge < -0.3 is 16.0 Å². The first-order valence-electron chi connectivity index (χ1n) is 6.38. The van der Waals surface area contributed by atoms with Gasteiger partial charge in [-0.25, -0.2) is 4.79 Å². The Kier molecular flexibility index (Phi) is 5.36. The van der Waals surface area contributed by atoms with E-state index in [0.717, 1.165) is 12.0 Å². The molecule has 3 amide bonds. The van der Waals surface area contributed by atoms with E-state index in [0.29, 0.717) is 11.4 Å². The molecule has 3 N–H and O–H groups in total. The molecule has 0 aliphatic rings. The van der Waals surface area contributed by atoms with Gasteiger partial charge >= 0.3 is 6.03 Å². The Morgan fingerprint density at radius 2 is 1.95 bits per heavy atom. The molecule has 0 aliphatic heterocycles. The van der Waals surface area contributed by atoms with Crippen molar-refractivity contribution in [2.75, 3.05) is 10.6 Å². The number of rotatable bonds is 4. The van der Waals surface area contributed by atoms with Gasteiger partial charge in [-0.15, -0.1) is 0 Å². The quantitative estimate of drug-likeness (QED) is 0.781. The maximum absolute atomic E-state index is 11.7. The van der Waals surface area contributed by atoms with Crippen LogP contribution in [0.4, 0.5) is 16.2 Å². The third-order valence-corrected chi connectivity index (χ3v) is 2.80. The molecule has 0 fully saturated rings. The average Bonchev–Trinajstić information content (AvgIpc) is 2.32. The molecule has 5 heteroatoms. The molecule has 1 aromatic carbocycles. The zero-order valence-electron chi connectivity index (χ0n) is 11.8. The summed E-state index contributed by atoms with van der Waals surface area (Å²) in [6.07, 6.45) is 0.873. The molecule has 1 atom stereocenters. The minimum Gasteiger partial charge on any atom is -0.335 e. The second-order valence-corrected chi connectivity index (χ2v) is 4.62. The highest BCUT2D eigenvalue weighted by molar-refractivity contribution is 5.93. The Bertz CT molecular complexity index is 472. The number of anilines is 2. The molecular formula is C14H21N3O2. The molecular weight excluding hydrogens is 242 g/mol. The van der Waals surface area contributed by atoms with Gasteiger partial charge in [0, 0.05) is 24.3 Å². The van der Waals surface area contributed by atoms with Crippen molar-refractivity contribution in [1.29, 1.82) is 0 Å². The van der Waals surface area contributed by atoms with E-state index in [-0.39, 0.29) is 18.0 Å². The Balaban J connectivity index is 2.74. The van der Waals surface area contributed by atoms with Crippen LogP contribution in [0.3, 0.4) is 0 Å². The van der Waals surface area contributed by atoms with Gasteiger partial charge in [0.15, 0.2) is 0 Å². The van der Waals surface area contributed by atoms with Crippen molar-refractivity contribution < 1.29 is 9.59 Å². The summed E-state index contributed by atoms with van der Waals surface area (Å²) < 4.78 is 0. The van der Waals surface area contributed by atoms with Crippen LogP contribution in [-0.4, -0.2) is 18.0 Å². The van der Waals surface area contributed by atoms with Crippen molar-refractivity contribution in [3.63, 3.8) is 0 Å². The SMILES string of the molecule is CCC(C)NC(=O)Nc1ccc(C)c(NC(C)=O)c1. The Hall–Kier alpha value is -2.04. The number of benzene rings is 1. The molecule has 0 radical (unpaired) electrons. The van der Waals surface area contributed by atoms with Gasteiger partial charge in [0.05, 0.1) is 0 Å². The van der Waals surface area contributed by atoms with Crippen LogP contribution in [0.1, 0.15) is 32.8 Å². The van der Waals surface area contributed by atoms with E-state index < -0.39 is 0 Å². The number of carbonyl (C=O) groups excluding carboxylic acids is 2. The van der Waals surface area contributed by atoms with Crippen LogP contribution in [0, 0.1) is 6.92 Å². The van der Waals surface area contributed by atoms with E-state index in [1.807, 2.05) is 26.8 Å². The number of amides is 3. The van der Waals surface area contributed by atoms with Crippen LogP contribution < -0.4 is 16.0 Å². The van der Waals surface area contributed by atoms with Crippen LogP contribution in [0.5, 0.6) is 0 Å². The summed E-state index contributed by atoms with van der Waals surface area (Å²) in [7, 11) is 0. The molecule has 0 spiro atoms. The van der Waals surface area contributed by atoms with Gasteiger partial charge in [-0.1, -0.05) is 13.0 Å². The van der Waals surface area contributed by atoms with Crippen LogP contribution >= 0.6 is 0 Å². The van der Waals surface area contributed by atoms with Crippen molar-refractivity contribution in [3.8, 4) is 0 Å². The minimum absolute atomic E-state index is 0.125. The Morgan fingerprint density at radius 1 is 1.26 bits per heavy atom. The van der Waals surface area contributed by atoms with E-state index in [4.69, 9.17) is 0 Å². The Morgan fingerprint density at radius 3 is 2.53 bits per heavy atom. The molecule has 0 saturated carbocycles. The van der Waals surface area contributed by atoms with E-state index in [9.17, 15) is 9.59 Å². The summed E-state index contributed by atoms with van der Waals surface area (Å²) in [4.78, 5) is 22.8. The first-order chi connectivity index (χ1) is 8.92. The Labute approximate surface area is 113 Å². The smallest absolute Gasteiger partial charge is 0.319 e. The molecule has 104 valence electrons. The average molecular weight is 263 g/mol. The first kappa shape index (κ1) is 15.0. The molecule has 19 heavy (non-hydrogen) atoms. The fraction of sp³-hybridized carbons (Fsp3) is 0.429. The van der Waals surface area contributed by atoms with E-state index in [2.05, 4.69) is 16.0 Å². The maximum Gasteiger partial charge on any atom is 0.319 e. The number of nitrogens with one attached hydrogen (secondary N) is 3. The van der Waals surface area contributed by atoms with Gasteiger partial charge in [-0.3, -0.25) is 4.79 Å². The second kappa shape index (κ2) is 6.78. The summed E-state index contributed by atoms with van der Waals surface area (Å²) >= 11 is 0. The van der Waals surface area contributed by atoms with E-state index >= 15 is 0 Å². The normalized spacial score (nSPS) is 11.6. The number of aryl methyl sites for hydroxylation is 1. The van der Waals surface area contributed by atoms with Gasteiger partial charge in [-0.2, -0.15) is 0 Å². The summed E-state index contributed by atoms with van der Waals surface area (Å²) in [5.41, 5.74) is 2.30. The molecule has 0 aromatic heterocycles. The van der Waals surface area contributed by atoms with Crippen LogP contribution in [0.2, 0.25) is 0 Å². The fourth-order valence-electron chi connectivity index (χ4n) is 1.52. The van der Waals surface area contributed by atoms with Crippen molar-refractivity contribution in [2.24, 2.45) is 0 Å². The fourth-order valence-corrected chi connectivity index (χ4v) is 1.52. The highest BCUT2D eigenvalue weighted by Gasteiger charge is 2.07. The highest BCUT2D eigenvalue weighted by atomic mass is 16.2. The summed E-state index contributed by atoms with van der Waals surface area (Å²) in [6.45, 7) is 7.30. The number of carbonyl (C=O) groups is 2. The number of urea groups is 1. The third-order valence-electron chi connectivity index (χ3n) is 2.80. The van der Waals surface area contributed by atoms with Crippen molar-refractivity contribution in [2.45, 2.75) is 40.2 Å². The van der Waals surface area contributed by atoms with Gasteiger partial charge in [0.2, 0.25) is 5.91 Å². The molecule has 1 unspecified atom stereocenters. The maximum atomic E-state index is 11.7. The standard InChI is InChI=1S/C14H21N3O2/c1-5-10(3)15-14(19)17-12-7-6-9(2)13(8-12)16-11(4)18/h6-8,10H,5H2,1-4H3,(H,16,18)(H2,15,17,19). The van der Waals surface area contributed by atoms with Crippen LogP contribution in [0.15, 0.2) is 18.2 Å². The molecule has 0 bridgehead atoms. The zero-order chi connectivity index (χ0) is 14.4. The highest BCUT2D eigenvalue weighted by Crippen LogP contribution is 2.20. The predicted octanol–water partition coefficient (Wildman–Crippen LogP) is 2.87. The lowest BCUT2D eigenvalue weighted by molar-refractivity contribution is -0.114. The second-order valence-electron chi connectivity index (χ2n) is 4.62. The van der Waals surface area contributed by atoms with Gasteiger partial charge in [-0.05, 0) is 38.0 Å². The van der Waals surface area contributed by atoms with Gasteiger partial charge in [0.25, 0.3) is 0 Å². The molecule has 1 rings (SSSR count). The van der Waals surface area contributed by atoms with Crippen molar-refractivity contribution >= 4 is 23.3 Å². The predicted molar refractivity (Wildman–Crippen MR) is 77.4 cm³/mol. The summed E-state index contributed by atoms with van der Waals surface area (Å²) in [5, 5.41) is 8.29. The number of hydrogen-bond donors (Lipinski definition) is 3. The third kappa shape index (κ3) is 4.99. The molecule has 0 heterocycles.